The second-order valence-corrected chi connectivity index (χ2v) is 4.92. The van der Waals surface area contributed by atoms with E-state index in [-0.39, 0.29) is 5.91 Å². The van der Waals surface area contributed by atoms with Crippen LogP contribution in [0.25, 0.3) is 5.69 Å². The summed E-state index contributed by atoms with van der Waals surface area (Å²) in [6.07, 6.45) is 5.30. The molecule has 0 unspecified atom stereocenters. The van der Waals surface area contributed by atoms with Crippen molar-refractivity contribution in [1.29, 1.82) is 0 Å². The summed E-state index contributed by atoms with van der Waals surface area (Å²) in [5, 5.41) is 3.38. The lowest BCUT2D eigenvalue weighted by molar-refractivity contribution is 0.102. The lowest BCUT2D eigenvalue weighted by Crippen LogP contribution is -2.11. The highest BCUT2D eigenvalue weighted by atomic mass is 35.5. The maximum atomic E-state index is 12.1. The van der Waals surface area contributed by atoms with E-state index in [1.165, 1.54) is 0 Å². The summed E-state index contributed by atoms with van der Waals surface area (Å²) in [5.41, 5.74) is 2.23. The van der Waals surface area contributed by atoms with Gasteiger partial charge in [-0.25, -0.2) is 4.98 Å². The Labute approximate surface area is 127 Å². The van der Waals surface area contributed by atoms with Crippen LogP contribution in [-0.4, -0.2) is 15.5 Å². The van der Waals surface area contributed by atoms with Crippen LogP contribution in [0.4, 0.5) is 5.69 Å². The lowest BCUT2D eigenvalue weighted by Gasteiger charge is -2.07. The molecule has 0 bridgehead atoms. The van der Waals surface area contributed by atoms with Crippen LogP contribution >= 0.6 is 11.6 Å². The number of rotatable bonds is 3. The summed E-state index contributed by atoms with van der Waals surface area (Å²) in [6.45, 7) is 0. The third kappa shape index (κ3) is 3.12. The first-order valence-electron chi connectivity index (χ1n) is 6.38. The molecule has 0 aliphatic heterocycles. The number of hydrogen-bond donors (Lipinski definition) is 1. The fourth-order valence-electron chi connectivity index (χ4n) is 1.96. The minimum Gasteiger partial charge on any atom is -0.322 e. The lowest BCUT2D eigenvalue weighted by atomic mass is 10.2. The van der Waals surface area contributed by atoms with Crippen molar-refractivity contribution in [1.82, 2.24) is 9.55 Å². The van der Waals surface area contributed by atoms with Crippen molar-refractivity contribution in [3.8, 4) is 5.69 Å². The van der Waals surface area contributed by atoms with Gasteiger partial charge < -0.3 is 9.88 Å². The van der Waals surface area contributed by atoms with E-state index in [1.54, 1.807) is 36.8 Å². The Morgan fingerprint density at radius 1 is 1.14 bits per heavy atom. The van der Waals surface area contributed by atoms with Gasteiger partial charge >= 0.3 is 0 Å². The standard InChI is InChI=1S/C16H12ClN3O/c17-13-3-1-2-12(10-13)16(21)19-14-4-6-15(7-5-14)20-9-8-18-11-20/h1-11H,(H,19,21). The highest BCUT2D eigenvalue weighted by Crippen LogP contribution is 2.16. The number of carbonyl (C=O) groups is 1. The van der Waals surface area contributed by atoms with Crippen molar-refractivity contribution in [2.24, 2.45) is 0 Å². The zero-order valence-corrected chi connectivity index (χ0v) is 11.8. The van der Waals surface area contributed by atoms with E-state index >= 15 is 0 Å². The van der Waals surface area contributed by atoms with Gasteiger partial charge in [0, 0.05) is 34.4 Å². The van der Waals surface area contributed by atoms with Gasteiger partial charge in [0.05, 0.1) is 6.33 Å². The number of aromatic nitrogens is 2. The van der Waals surface area contributed by atoms with E-state index in [1.807, 2.05) is 35.0 Å². The fourth-order valence-corrected chi connectivity index (χ4v) is 2.15. The largest absolute Gasteiger partial charge is 0.322 e. The van der Waals surface area contributed by atoms with Crippen LogP contribution in [0.15, 0.2) is 67.3 Å². The van der Waals surface area contributed by atoms with Crippen LogP contribution in [-0.2, 0) is 0 Å². The second kappa shape index (κ2) is 5.81. The van der Waals surface area contributed by atoms with Crippen molar-refractivity contribution in [3.63, 3.8) is 0 Å². The quantitative estimate of drug-likeness (QED) is 0.800. The maximum Gasteiger partial charge on any atom is 0.255 e. The molecule has 4 nitrogen and oxygen atoms in total. The molecule has 0 saturated heterocycles. The highest BCUT2D eigenvalue weighted by molar-refractivity contribution is 6.31. The molecule has 1 aromatic heterocycles. The first-order valence-corrected chi connectivity index (χ1v) is 6.75. The first-order chi connectivity index (χ1) is 10.2. The van der Waals surface area contributed by atoms with E-state index in [2.05, 4.69) is 10.3 Å². The molecule has 1 N–H and O–H groups in total. The molecule has 0 aliphatic carbocycles. The van der Waals surface area contributed by atoms with Gasteiger partial charge in [0.2, 0.25) is 0 Å². The monoisotopic (exact) mass is 297 g/mol. The van der Waals surface area contributed by atoms with Crippen LogP contribution in [0.2, 0.25) is 5.02 Å². The fraction of sp³-hybridized carbons (Fsp3) is 0. The number of carbonyl (C=O) groups excluding carboxylic acids is 1. The molecule has 0 saturated carbocycles. The summed E-state index contributed by atoms with van der Waals surface area (Å²) in [5.74, 6) is -0.187. The molecule has 0 spiro atoms. The van der Waals surface area contributed by atoms with Gasteiger partial charge in [-0.2, -0.15) is 0 Å². The summed E-state index contributed by atoms with van der Waals surface area (Å²) >= 11 is 5.88. The maximum absolute atomic E-state index is 12.1. The number of hydrogen-bond acceptors (Lipinski definition) is 2. The zero-order valence-electron chi connectivity index (χ0n) is 11.0. The Kier molecular flexibility index (Phi) is 3.71. The van der Waals surface area contributed by atoms with E-state index in [4.69, 9.17) is 11.6 Å². The molecular weight excluding hydrogens is 286 g/mol. The van der Waals surface area contributed by atoms with Crippen LogP contribution in [0.3, 0.4) is 0 Å². The van der Waals surface area contributed by atoms with Gasteiger partial charge in [-0.3, -0.25) is 4.79 Å². The third-order valence-corrected chi connectivity index (χ3v) is 3.25. The Hall–Kier alpha value is -2.59. The molecule has 2 aromatic carbocycles. The van der Waals surface area contributed by atoms with Crippen LogP contribution in [0, 0.1) is 0 Å². The molecule has 104 valence electrons. The molecule has 3 aromatic rings. The second-order valence-electron chi connectivity index (χ2n) is 4.48. The van der Waals surface area contributed by atoms with Crippen molar-refractivity contribution in [2.75, 3.05) is 5.32 Å². The predicted octanol–water partition coefficient (Wildman–Crippen LogP) is 3.78. The van der Waals surface area contributed by atoms with Gasteiger partial charge in [-0.15, -0.1) is 0 Å². The van der Waals surface area contributed by atoms with Gasteiger partial charge in [0.1, 0.15) is 0 Å². The molecule has 0 atom stereocenters. The van der Waals surface area contributed by atoms with Gasteiger partial charge in [-0.1, -0.05) is 17.7 Å². The van der Waals surface area contributed by atoms with Crippen LogP contribution < -0.4 is 5.32 Å². The average Bonchev–Trinajstić information content (AvgIpc) is 3.02. The number of imidazole rings is 1. The van der Waals surface area contributed by atoms with Crippen LogP contribution in [0.5, 0.6) is 0 Å². The van der Waals surface area contributed by atoms with E-state index in [0.717, 1.165) is 11.4 Å². The predicted molar refractivity (Wildman–Crippen MR) is 83.0 cm³/mol. The average molecular weight is 298 g/mol. The molecule has 1 heterocycles. The number of nitrogens with zero attached hydrogens (tertiary/aromatic N) is 2. The van der Waals surface area contributed by atoms with Gasteiger partial charge in [0.15, 0.2) is 0 Å². The SMILES string of the molecule is O=C(Nc1ccc(-n2ccnc2)cc1)c1cccc(Cl)c1. The molecular formula is C16H12ClN3O. The van der Waals surface area contributed by atoms with E-state index < -0.39 is 0 Å². The summed E-state index contributed by atoms with van der Waals surface area (Å²) < 4.78 is 1.89. The van der Waals surface area contributed by atoms with Crippen molar-refractivity contribution in [2.45, 2.75) is 0 Å². The molecule has 0 radical (unpaired) electrons. The van der Waals surface area contributed by atoms with Crippen molar-refractivity contribution >= 4 is 23.2 Å². The van der Waals surface area contributed by atoms with Gasteiger partial charge in [-0.05, 0) is 42.5 Å². The summed E-state index contributed by atoms with van der Waals surface area (Å²) in [4.78, 5) is 16.1. The minimum absolute atomic E-state index is 0.187. The van der Waals surface area contributed by atoms with Crippen molar-refractivity contribution < 1.29 is 4.79 Å². The van der Waals surface area contributed by atoms with Crippen molar-refractivity contribution in [3.05, 3.63) is 77.8 Å². The first kappa shape index (κ1) is 13.4. The molecule has 5 heteroatoms. The van der Waals surface area contributed by atoms with E-state index in [0.29, 0.717) is 10.6 Å². The Bertz CT molecular complexity index is 751. The number of anilines is 1. The summed E-state index contributed by atoms with van der Waals surface area (Å²) in [6, 6.07) is 14.4. The number of amides is 1. The Morgan fingerprint density at radius 3 is 2.62 bits per heavy atom. The molecule has 3 rings (SSSR count). The Balaban J connectivity index is 1.75. The zero-order chi connectivity index (χ0) is 14.7. The number of nitrogens with one attached hydrogen (secondary N) is 1. The third-order valence-electron chi connectivity index (χ3n) is 3.01. The number of benzene rings is 2. The summed E-state index contributed by atoms with van der Waals surface area (Å²) in [7, 11) is 0. The normalized spacial score (nSPS) is 10.3. The van der Waals surface area contributed by atoms with Gasteiger partial charge in [0.25, 0.3) is 5.91 Å². The molecule has 1 amide bonds. The topological polar surface area (TPSA) is 46.9 Å². The number of halogens is 1. The molecule has 0 aliphatic rings. The smallest absolute Gasteiger partial charge is 0.255 e. The Morgan fingerprint density at radius 2 is 1.95 bits per heavy atom. The van der Waals surface area contributed by atoms with Crippen LogP contribution in [0.1, 0.15) is 10.4 Å². The van der Waals surface area contributed by atoms with E-state index in [9.17, 15) is 4.79 Å². The minimum atomic E-state index is -0.187. The molecule has 0 fully saturated rings. The highest BCUT2D eigenvalue weighted by Gasteiger charge is 2.06. The molecule has 21 heavy (non-hydrogen) atoms.